The van der Waals surface area contributed by atoms with E-state index in [-0.39, 0.29) is 22.7 Å². The molecule has 0 amide bonds. The second-order valence-corrected chi connectivity index (χ2v) is 8.58. The summed E-state index contributed by atoms with van der Waals surface area (Å²) >= 11 is 5.72. The van der Waals surface area contributed by atoms with E-state index in [1.165, 1.54) is 12.1 Å². The quantitative estimate of drug-likeness (QED) is 0.684. The highest BCUT2D eigenvalue weighted by Gasteiger charge is 2.42. The van der Waals surface area contributed by atoms with Gasteiger partial charge < -0.3 is 9.84 Å². The minimum atomic E-state index is -4.61. The number of halogens is 4. The molecule has 1 aliphatic rings. The molecule has 0 saturated heterocycles. The van der Waals surface area contributed by atoms with Crippen molar-refractivity contribution >= 4 is 17.6 Å². The molecule has 3 nitrogen and oxygen atoms in total. The van der Waals surface area contributed by atoms with E-state index >= 15 is 0 Å². The molecule has 0 saturated carbocycles. The van der Waals surface area contributed by atoms with Crippen LogP contribution in [0.15, 0.2) is 29.8 Å². The van der Waals surface area contributed by atoms with Crippen molar-refractivity contribution in [3.05, 3.63) is 46.0 Å². The van der Waals surface area contributed by atoms with Crippen molar-refractivity contribution in [3.8, 4) is 0 Å². The number of rotatable bonds is 4. The summed E-state index contributed by atoms with van der Waals surface area (Å²) in [6, 6.07) is 3.62. The molecule has 0 fully saturated rings. The fourth-order valence-electron chi connectivity index (χ4n) is 3.46. The van der Waals surface area contributed by atoms with E-state index in [9.17, 15) is 23.1 Å². The number of ether oxygens (including phenoxy) is 1. The van der Waals surface area contributed by atoms with Crippen molar-refractivity contribution in [2.24, 2.45) is 5.92 Å². The molecule has 1 N–H and O–H groups in total. The standard InChI is InChI=1S/C20H24ClF3O3/c1-18(2,3)27-11-12-5-7-14(17(25)26)19(4,10-12)13-6-8-16(21)15(9-13)20(22,23)24/h6-9,12H,5,10-11H2,1-4H3,(H,25,26). The van der Waals surface area contributed by atoms with Gasteiger partial charge in [-0.2, -0.15) is 13.2 Å². The van der Waals surface area contributed by atoms with Crippen molar-refractivity contribution in [1.29, 1.82) is 0 Å². The molecule has 1 aromatic carbocycles. The van der Waals surface area contributed by atoms with Crippen LogP contribution in [0.3, 0.4) is 0 Å². The van der Waals surface area contributed by atoms with Crippen LogP contribution in [0.2, 0.25) is 5.02 Å². The lowest BCUT2D eigenvalue weighted by Crippen LogP contribution is -2.37. The largest absolute Gasteiger partial charge is 0.478 e. The average Bonchev–Trinajstić information content (AvgIpc) is 2.51. The maximum absolute atomic E-state index is 13.3. The van der Waals surface area contributed by atoms with Crippen LogP contribution in [0.25, 0.3) is 0 Å². The molecule has 150 valence electrons. The molecule has 1 aliphatic carbocycles. The molecular formula is C20H24ClF3O3. The Labute approximate surface area is 162 Å². The molecule has 2 atom stereocenters. The summed E-state index contributed by atoms with van der Waals surface area (Å²) in [4.78, 5) is 11.8. The lowest BCUT2D eigenvalue weighted by atomic mass is 9.66. The SMILES string of the molecule is CC(C)(C)OCC1CC=C(C(=O)O)C(C)(c2ccc(Cl)c(C(F)(F)F)c2)C1. The van der Waals surface area contributed by atoms with Crippen LogP contribution in [-0.4, -0.2) is 23.3 Å². The second-order valence-electron chi connectivity index (χ2n) is 8.18. The summed E-state index contributed by atoms with van der Waals surface area (Å²) in [6.45, 7) is 7.83. The molecule has 0 bridgehead atoms. The number of hydrogen-bond donors (Lipinski definition) is 1. The molecule has 0 spiro atoms. The van der Waals surface area contributed by atoms with Crippen molar-refractivity contribution in [2.75, 3.05) is 6.61 Å². The first kappa shape index (κ1) is 21.8. The van der Waals surface area contributed by atoms with Gasteiger partial charge in [-0.15, -0.1) is 0 Å². The molecule has 0 heterocycles. The van der Waals surface area contributed by atoms with Gasteiger partial charge >= 0.3 is 12.1 Å². The summed E-state index contributed by atoms with van der Waals surface area (Å²) in [5, 5.41) is 9.21. The van der Waals surface area contributed by atoms with Gasteiger partial charge in [-0.05, 0) is 57.2 Å². The van der Waals surface area contributed by atoms with Crippen LogP contribution in [0, 0.1) is 5.92 Å². The van der Waals surface area contributed by atoms with Crippen LogP contribution in [0.1, 0.15) is 51.7 Å². The van der Waals surface area contributed by atoms with Gasteiger partial charge in [-0.3, -0.25) is 0 Å². The Kier molecular flexibility index (Phi) is 6.02. The van der Waals surface area contributed by atoms with Crippen LogP contribution in [0.4, 0.5) is 13.2 Å². The normalized spacial score (nSPS) is 23.9. The summed E-state index contributed by atoms with van der Waals surface area (Å²) < 4.78 is 45.6. The van der Waals surface area contributed by atoms with Crippen molar-refractivity contribution in [3.63, 3.8) is 0 Å². The lowest BCUT2D eigenvalue weighted by molar-refractivity contribution is -0.137. The third-order valence-corrected chi connectivity index (χ3v) is 5.17. The summed E-state index contributed by atoms with van der Waals surface area (Å²) in [5.74, 6) is -1.13. The van der Waals surface area contributed by atoms with Gasteiger partial charge in [-0.25, -0.2) is 4.79 Å². The highest BCUT2D eigenvalue weighted by atomic mass is 35.5. The average molecular weight is 405 g/mol. The zero-order chi connectivity index (χ0) is 20.6. The molecule has 27 heavy (non-hydrogen) atoms. The maximum Gasteiger partial charge on any atom is 0.417 e. The molecule has 2 unspecified atom stereocenters. The Morgan fingerprint density at radius 2 is 1.96 bits per heavy atom. The molecule has 0 aliphatic heterocycles. The summed E-state index contributed by atoms with van der Waals surface area (Å²) in [5.41, 5.74) is -1.99. The van der Waals surface area contributed by atoms with E-state index in [0.717, 1.165) is 6.07 Å². The predicted octanol–water partition coefficient (Wildman–Crippen LogP) is 5.85. The van der Waals surface area contributed by atoms with E-state index in [1.54, 1.807) is 13.0 Å². The smallest absolute Gasteiger partial charge is 0.417 e. The number of carboxylic acid groups (broad SMARTS) is 1. The number of carbonyl (C=O) groups is 1. The van der Waals surface area contributed by atoms with Crippen LogP contribution >= 0.6 is 11.6 Å². The van der Waals surface area contributed by atoms with Crippen molar-refractivity contribution in [1.82, 2.24) is 0 Å². The molecule has 1 aromatic rings. The van der Waals surface area contributed by atoms with Gasteiger partial charge in [0.05, 0.1) is 22.8 Å². The Bertz CT molecular complexity index is 750. The molecule has 0 radical (unpaired) electrons. The topological polar surface area (TPSA) is 46.5 Å². The fraction of sp³-hybridized carbons (Fsp3) is 0.550. The zero-order valence-corrected chi connectivity index (χ0v) is 16.5. The third-order valence-electron chi connectivity index (χ3n) is 4.84. The first-order valence-electron chi connectivity index (χ1n) is 8.69. The predicted molar refractivity (Wildman–Crippen MR) is 98.0 cm³/mol. The fourth-order valence-corrected chi connectivity index (χ4v) is 3.68. The van der Waals surface area contributed by atoms with Gasteiger partial charge in [0.15, 0.2) is 0 Å². The van der Waals surface area contributed by atoms with Gasteiger partial charge in [0.2, 0.25) is 0 Å². The van der Waals surface area contributed by atoms with Crippen LogP contribution < -0.4 is 0 Å². The maximum atomic E-state index is 13.3. The molecule has 0 aromatic heterocycles. The van der Waals surface area contributed by atoms with Crippen LogP contribution in [-0.2, 0) is 21.1 Å². The Hall–Kier alpha value is -1.53. The lowest BCUT2D eigenvalue weighted by Gasteiger charge is -2.39. The van der Waals surface area contributed by atoms with E-state index in [2.05, 4.69) is 0 Å². The number of hydrogen-bond acceptors (Lipinski definition) is 2. The summed E-state index contributed by atoms with van der Waals surface area (Å²) in [6.07, 6.45) is -2.13. The zero-order valence-electron chi connectivity index (χ0n) is 15.8. The van der Waals surface area contributed by atoms with E-state index in [0.29, 0.717) is 19.4 Å². The number of allylic oxidation sites excluding steroid dienone is 1. The van der Waals surface area contributed by atoms with E-state index in [1.807, 2.05) is 20.8 Å². The molecule has 7 heteroatoms. The second kappa shape index (κ2) is 7.47. The first-order chi connectivity index (χ1) is 12.2. The van der Waals surface area contributed by atoms with Gasteiger partial charge in [-0.1, -0.05) is 30.7 Å². The third kappa shape index (κ3) is 5.05. The molecule has 2 rings (SSSR count). The number of aliphatic carboxylic acids is 1. The Morgan fingerprint density at radius 1 is 1.33 bits per heavy atom. The Balaban J connectivity index is 2.45. The van der Waals surface area contributed by atoms with E-state index in [4.69, 9.17) is 16.3 Å². The van der Waals surface area contributed by atoms with Crippen LogP contribution in [0.5, 0.6) is 0 Å². The van der Waals surface area contributed by atoms with Gasteiger partial charge in [0, 0.05) is 11.0 Å². The molecular weight excluding hydrogens is 381 g/mol. The number of benzene rings is 1. The minimum Gasteiger partial charge on any atom is -0.478 e. The highest BCUT2D eigenvalue weighted by molar-refractivity contribution is 6.31. The minimum absolute atomic E-state index is 0.00217. The Morgan fingerprint density at radius 3 is 2.48 bits per heavy atom. The first-order valence-corrected chi connectivity index (χ1v) is 9.07. The summed E-state index contributed by atoms with van der Waals surface area (Å²) in [7, 11) is 0. The number of carboxylic acids is 1. The van der Waals surface area contributed by atoms with E-state index < -0.39 is 28.1 Å². The van der Waals surface area contributed by atoms with Crippen molar-refractivity contribution < 1.29 is 27.8 Å². The van der Waals surface area contributed by atoms with Gasteiger partial charge in [0.1, 0.15) is 0 Å². The van der Waals surface area contributed by atoms with Gasteiger partial charge in [0.25, 0.3) is 0 Å². The highest BCUT2D eigenvalue weighted by Crippen LogP contribution is 2.45. The number of alkyl halides is 3. The van der Waals surface area contributed by atoms with Crippen molar-refractivity contribution in [2.45, 2.75) is 57.7 Å². The monoisotopic (exact) mass is 404 g/mol.